The highest BCUT2D eigenvalue weighted by molar-refractivity contribution is 5.75. The SMILES string of the molecule is CC(C)OCCNC(=O)CCCc1ccc(C(C)(C)C)cc1. The van der Waals surface area contributed by atoms with Crippen LogP contribution in [0.5, 0.6) is 0 Å². The summed E-state index contributed by atoms with van der Waals surface area (Å²) in [6, 6.07) is 8.74. The lowest BCUT2D eigenvalue weighted by Crippen LogP contribution is -2.27. The molecule has 3 heteroatoms. The largest absolute Gasteiger partial charge is 0.377 e. The maximum absolute atomic E-state index is 11.7. The second-order valence-electron chi connectivity index (χ2n) is 7.07. The minimum Gasteiger partial charge on any atom is -0.377 e. The number of carbonyl (C=O) groups is 1. The van der Waals surface area contributed by atoms with Crippen LogP contribution in [0.15, 0.2) is 24.3 Å². The summed E-state index contributed by atoms with van der Waals surface area (Å²) in [5.41, 5.74) is 2.83. The second kappa shape index (κ2) is 8.94. The molecule has 0 aromatic heterocycles. The van der Waals surface area contributed by atoms with Gasteiger partial charge in [-0.3, -0.25) is 4.79 Å². The predicted molar refractivity (Wildman–Crippen MR) is 92.2 cm³/mol. The number of nitrogens with one attached hydrogen (secondary N) is 1. The Labute approximate surface area is 135 Å². The summed E-state index contributed by atoms with van der Waals surface area (Å²) in [5.74, 6) is 0.110. The van der Waals surface area contributed by atoms with Crippen molar-refractivity contribution in [3.63, 3.8) is 0 Å². The van der Waals surface area contributed by atoms with Crippen LogP contribution in [-0.4, -0.2) is 25.2 Å². The number of hydrogen-bond donors (Lipinski definition) is 1. The van der Waals surface area contributed by atoms with Crippen LogP contribution >= 0.6 is 0 Å². The lowest BCUT2D eigenvalue weighted by Gasteiger charge is -2.19. The van der Waals surface area contributed by atoms with Gasteiger partial charge in [-0.1, -0.05) is 45.0 Å². The number of aryl methyl sites for hydroxylation is 1. The van der Waals surface area contributed by atoms with Crippen LogP contribution in [0.25, 0.3) is 0 Å². The van der Waals surface area contributed by atoms with Crippen LogP contribution in [0.1, 0.15) is 58.6 Å². The Balaban J connectivity index is 2.22. The predicted octanol–water partition coefficient (Wildman–Crippen LogP) is 3.85. The molecule has 0 fully saturated rings. The first kappa shape index (κ1) is 18.7. The molecule has 0 atom stereocenters. The van der Waals surface area contributed by atoms with Gasteiger partial charge in [0, 0.05) is 13.0 Å². The van der Waals surface area contributed by atoms with E-state index in [1.807, 2.05) is 13.8 Å². The fourth-order valence-corrected chi connectivity index (χ4v) is 2.20. The van der Waals surface area contributed by atoms with Gasteiger partial charge in [-0.15, -0.1) is 0 Å². The molecule has 0 spiro atoms. The van der Waals surface area contributed by atoms with Crippen LogP contribution in [0.2, 0.25) is 0 Å². The van der Waals surface area contributed by atoms with Crippen LogP contribution in [0.4, 0.5) is 0 Å². The van der Waals surface area contributed by atoms with Gasteiger partial charge < -0.3 is 10.1 Å². The molecule has 124 valence electrons. The fraction of sp³-hybridized carbons (Fsp3) is 0.632. The van der Waals surface area contributed by atoms with Crippen molar-refractivity contribution in [1.29, 1.82) is 0 Å². The first-order valence-electron chi connectivity index (χ1n) is 8.27. The van der Waals surface area contributed by atoms with Crippen molar-refractivity contribution >= 4 is 5.91 Å². The number of amides is 1. The highest BCUT2D eigenvalue weighted by atomic mass is 16.5. The van der Waals surface area contributed by atoms with Crippen molar-refractivity contribution in [3.8, 4) is 0 Å². The van der Waals surface area contributed by atoms with Gasteiger partial charge in [0.05, 0.1) is 12.7 Å². The summed E-state index contributed by atoms with van der Waals surface area (Å²) >= 11 is 0. The minimum atomic E-state index is 0.110. The van der Waals surface area contributed by atoms with E-state index in [4.69, 9.17) is 4.74 Å². The number of carbonyl (C=O) groups excluding carboxylic acids is 1. The van der Waals surface area contributed by atoms with Gasteiger partial charge in [0.1, 0.15) is 0 Å². The number of ether oxygens (including phenoxy) is 1. The van der Waals surface area contributed by atoms with E-state index >= 15 is 0 Å². The van der Waals surface area contributed by atoms with E-state index in [1.165, 1.54) is 11.1 Å². The minimum absolute atomic E-state index is 0.110. The molecule has 1 aromatic carbocycles. The molecule has 1 rings (SSSR count). The van der Waals surface area contributed by atoms with Gasteiger partial charge in [-0.2, -0.15) is 0 Å². The molecule has 1 N–H and O–H groups in total. The van der Waals surface area contributed by atoms with E-state index in [-0.39, 0.29) is 17.4 Å². The molecule has 0 radical (unpaired) electrons. The molecule has 0 aliphatic heterocycles. The maximum Gasteiger partial charge on any atom is 0.220 e. The van der Waals surface area contributed by atoms with Crippen molar-refractivity contribution in [2.75, 3.05) is 13.2 Å². The third kappa shape index (κ3) is 7.60. The third-order valence-electron chi connectivity index (χ3n) is 3.56. The van der Waals surface area contributed by atoms with Gasteiger partial charge in [-0.25, -0.2) is 0 Å². The zero-order chi connectivity index (χ0) is 16.6. The Kier molecular flexibility index (Phi) is 7.60. The van der Waals surface area contributed by atoms with Gasteiger partial charge >= 0.3 is 0 Å². The van der Waals surface area contributed by atoms with Crippen LogP contribution in [-0.2, 0) is 21.4 Å². The molecule has 1 aromatic rings. The van der Waals surface area contributed by atoms with E-state index in [1.54, 1.807) is 0 Å². The van der Waals surface area contributed by atoms with Crippen molar-refractivity contribution < 1.29 is 9.53 Å². The summed E-state index contributed by atoms with van der Waals surface area (Å²) < 4.78 is 5.39. The summed E-state index contributed by atoms with van der Waals surface area (Å²) in [5, 5.41) is 2.89. The van der Waals surface area contributed by atoms with Gasteiger partial charge in [0.2, 0.25) is 5.91 Å². The summed E-state index contributed by atoms with van der Waals surface area (Å²) in [6.45, 7) is 11.8. The van der Waals surface area contributed by atoms with Crippen molar-refractivity contribution in [3.05, 3.63) is 35.4 Å². The molecule has 0 saturated carbocycles. The lowest BCUT2D eigenvalue weighted by atomic mass is 9.86. The summed E-state index contributed by atoms with van der Waals surface area (Å²) in [6.07, 6.45) is 2.61. The maximum atomic E-state index is 11.7. The van der Waals surface area contributed by atoms with E-state index in [9.17, 15) is 4.79 Å². The van der Waals surface area contributed by atoms with Crippen molar-refractivity contribution in [1.82, 2.24) is 5.32 Å². The second-order valence-corrected chi connectivity index (χ2v) is 7.07. The molecule has 22 heavy (non-hydrogen) atoms. The Morgan fingerprint density at radius 2 is 1.82 bits per heavy atom. The first-order chi connectivity index (χ1) is 10.3. The van der Waals surface area contributed by atoms with Crippen LogP contribution < -0.4 is 5.32 Å². The Bertz CT molecular complexity index is 443. The molecule has 0 heterocycles. The average molecular weight is 305 g/mol. The van der Waals surface area contributed by atoms with Crippen molar-refractivity contribution in [2.45, 2.75) is 65.4 Å². The number of rotatable bonds is 8. The Morgan fingerprint density at radius 1 is 1.18 bits per heavy atom. The van der Waals surface area contributed by atoms with E-state index in [0.717, 1.165) is 12.8 Å². The molecule has 0 aliphatic rings. The lowest BCUT2D eigenvalue weighted by molar-refractivity contribution is -0.121. The topological polar surface area (TPSA) is 38.3 Å². The molecule has 0 bridgehead atoms. The zero-order valence-corrected chi connectivity index (χ0v) is 14.7. The first-order valence-corrected chi connectivity index (χ1v) is 8.27. The van der Waals surface area contributed by atoms with Crippen LogP contribution in [0, 0.1) is 0 Å². The van der Waals surface area contributed by atoms with E-state index in [2.05, 4.69) is 50.4 Å². The highest BCUT2D eigenvalue weighted by Gasteiger charge is 2.12. The normalized spacial score (nSPS) is 11.7. The van der Waals surface area contributed by atoms with Gasteiger partial charge in [0.15, 0.2) is 0 Å². The molecular formula is C19H31NO2. The molecule has 1 amide bonds. The Hall–Kier alpha value is -1.35. The van der Waals surface area contributed by atoms with E-state index in [0.29, 0.717) is 19.6 Å². The van der Waals surface area contributed by atoms with Gasteiger partial charge in [-0.05, 0) is 43.2 Å². The summed E-state index contributed by atoms with van der Waals surface area (Å²) in [4.78, 5) is 11.7. The third-order valence-corrected chi connectivity index (χ3v) is 3.56. The standard InChI is InChI=1S/C19H31NO2/c1-15(2)22-14-13-20-18(21)8-6-7-16-9-11-17(12-10-16)19(3,4)5/h9-12,15H,6-8,13-14H2,1-5H3,(H,20,21). The Morgan fingerprint density at radius 3 is 2.36 bits per heavy atom. The molecule has 0 aliphatic carbocycles. The number of benzene rings is 1. The monoisotopic (exact) mass is 305 g/mol. The smallest absolute Gasteiger partial charge is 0.220 e. The highest BCUT2D eigenvalue weighted by Crippen LogP contribution is 2.22. The average Bonchev–Trinajstić information content (AvgIpc) is 2.43. The van der Waals surface area contributed by atoms with Crippen molar-refractivity contribution in [2.24, 2.45) is 0 Å². The molecule has 0 saturated heterocycles. The van der Waals surface area contributed by atoms with E-state index < -0.39 is 0 Å². The molecular weight excluding hydrogens is 274 g/mol. The quantitative estimate of drug-likeness (QED) is 0.741. The number of hydrogen-bond acceptors (Lipinski definition) is 2. The van der Waals surface area contributed by atoms with Gasteiger partial charge in [0.25, 0.3) is 0 Å². The zero-order valence-electron chi connectivity index (χ0n) is 14.7. The summed E-state index contributed by atoms with van der Waals surface area (Å²) in [7, 11) is 0. The molecule has 0 unspecified atom stereocenters. The fourth-order valence-electron chi connectivity index (χ4n) is 2.20. The van der Waals surface area contributed by atoms with Crippen LogP contribution in [0.3, 0.4) is 0 Å². The molecule has 3 nitrogen and oxygen atoms in total.